The first-order chi connectivity index (χ1) is 13.8. The van der Waals surface area contributed by atoms with Crippen molar-refractivity contribution in [1.82, 2.24) is 19.7 Å². The smallest absolute Gasteiger partial charge is 0.375 e. The molecule has 1 unspecified atom stereocenters. The second kappa shape index (κ2) is 8.95. The molecule has 8 nitrogen and oxygen atoms in total. The first-order valence-electron chi connectivity index (χ1n) is 8.68. The summed E-state index contributed by atoms with van der Waals surface area (Å²) >= 11 is 0. The molecule has 0 N–H and O–H groups in total. The van der Waals surface area contributed by atoms with Crippen molar-refractivity contribution in [2.24, 2.45) is 0 Å². The Bertz CT molecular complexity index is 1150. The number of halogens is 3. The van der Waals surface area contributed by atoms with Crippen LogP contribution in [-0.2, 0) is 14.9 Å². The molecule has 1 atom stereocenters. The van der Waals surface area contributed by atoms with Gasteiger partial charge in [0.15, 0.2) is 12.0 Å². The van der Waals surface area contributed by atoms with E-state index in [1.165, 1.54) is 12.3 Å². The fourth-order valence-electron chi connectivity index (χ4n) is 3.13. The largest absolute Gasteiger partial charge is 0.534 e. The summed E-state index contributed by atoms with van der Waals surface area (Å²) in [7, 11) is -5.82. The van der Waals surface area contributed by atoms with Gasteiger partial charge >= 0.3 is 15.6 Å². The summed E-state index contributed by atoms with van der Waals surface area (Å²) in [6, 6.07) is 4.07. The molecule has 0 radical (unpaired) electrons. The monoisotopic (exact) mass is 468 g/mol. The Kier molecular flexibility index (Phi) is 6.92. The van der Waals surface area contributed by atoms with Crippen LogP contribution in [0.4, 0.5) is 13.2 Å². The third-order valence-electron chi connectivity index (χ3n) is 4.44. The van der Waals surface area contributed by atoms with Crippen LogP contribution in [0.1, 0.15) is 25.5 Å². The molecule has 1 aliphatic rings. The summed E-state index contributed by atoms with van der Waals surface area (Å²) in [5.41, 5.74) is -4.50. The molecular formula is C17H15ArF3N4O4S. The minimum atomic E-state index is -5.82. The topological polar surface area (TPSA) is 96.2 Å². The van der Waals surface area contributed by atoms with Crippen LogP contribution in [0.5, 0.6) is 5.75 Å². The van der Waals surface area contributed by atoms with E-state index in [1.807, 2.05) is 0 Å². The summed E-state index contributed by atoms with van der Waals surface area (Å²) in [6.07, 6.45) is 6.44. The van der Waals surface area contributed by atoms with Crippen LogP contribution in [0.3, 0.4) is 0 Å². The number of aromatic nitrogens is 4. The van der Waals surface area contributed by atoms with Crippen LogP contribution in [0.25, 0.3) is 22.3 Å². The van der Waals surface area contributed by atoms with Gasteiger partial charge in [0.2, 0.25) is 0 Å². The van der Waals surface area contributed by atoms with Crippen molar-refractivity contribution in [3.63, 3.8) is 0 Å². The zero-order chi connectivity index (χ0) is 20.6. The minimum Gasteiger partial charge on any atom is -0.375 e. The Morgan fingerprint density at radius 2 is 1.87 bits per heavy atom. The van der Waals surface area contributed by atoms with E-state index in [9.17, 15) is 21.6 Å². The van der Waals surface area contributed by atoms with E-state index in [1.54, 1.807) is 16.9 Å². The molecule has 0 saturated carbocycles. The number of ether oxygens (including phenoxy) is 1. The average molecular weight is 468 g/mol. The van der Waals surface area contributed by atoms with E-state index in [0.717, 1.165) is 31.5 Å². The van der Waals surface area contributed by atoms with Crippen molar-refractivity contribution in [3.05, 3.63) is 36.8 Å². The number of hydrogen-bond acceptors (Lipinski definition) is 7. The van der Waals surface area contributed by atoms with Gasteiger partial charge in [-0.3, -0.25) is 9.97 Å². The molecule has 1 saturated heterocycles. The van der Waals surface area contributed by atoms with Gasteiger partial charge in [-0.05, 0) is 31.4 Å². The van der Waals surface area contributed by atoms with E-state index >= 15 is 0 Å². The fraction of sp³-hybridized carbons (Fsp3) is 0.353. The van der Waals surface area contributed by atoms with E-state index in [0.29, 0.717) is 18.0 Å². The molecular weight excluding hydrogens is 453 g/mol. The average Bonchev–Trinajstić information content (AvgIpc) is 3.17. The molecule has 1 aliphatic heterocycles. The molecule has 0 spiro atoms. The van der Waals surface area contributed by atoms with Gasteiger partial charge in [-0.2, -0.15) is 26.7 Å². The number of pyridine rings is 2. The van der Waals surface area contributed by atoms with Crippen LogP contribution >= 0.6 is 0 Å². The van der Waals surface area contributed by atoms with Crippen LogP contribution in [0, 0.1) is 37.7 Å². The van der Waals surface area contributed by atoms with Gasteiger partial charge in [0.05, 0.1) is 5.69 Å². The molecule has 0 bridgehead atoms. The van der Waals surface area contributed by atoms with Gasteiger partial charge in [-0.1, -0.05) is 0 Å². The second-order valence-corrected chi connectivity index (χ2v) is 7.87. The Morgan fingerprint density at radius 1 is 1.10 bits per heavy atom. The predicted octanol–water partition coefficient (Wildman–Crippen LogP) is 3.42. The van der Waals surface area contributed by atoms with Gasteiger partial charge in [0.25, 0.3) is 0 Å². The number of rotatable bonds is 4. The maximum atomic E-state index is 12.7. The summed E-state index contributed by atoms with van der Waals surface area (Å²) < 4.78 is 72.7. The normalized spacial score (nSPS) is 17.5. The Morgan fingerprint density at radius 3 is 2.57 bits per heavy atom. The summed E-state index contributed by atoms with van der Waals surface area (Å²) in [4.78, 5) is 8.46. The molecule has 13 heteroatoms. The molecule has 3 aromatic heterocycles. The van der Waals surface area contributed by atoms with E-state index in [4.69, 9.17) is 4.74 Å². The Balaban J connectivity index is 0.00000256. The predicted molar refractivity (Wildman–Crippen MR) is 95.2 cm³/mol. The van der Waals surface area contributed by atoms with Crippen LogP contribution in [0.2, 0.25) is 0 Å². The third kappa shape index (κ3) is 4.42. The van der Waals surface area contributed by atoms with Gasteiger partial charge in [0, 0.05) is 74.4 Å². The molecule has 4 rings (SSSR count). The SMILES string of the molecule is O=S(=O)(Oc1ccnc2c(-c3ccnn3C3CCCCO3)nccc12)C(F)(F)F.[Ar]. The van der Waals surface area contributed by atoms with Crippen LogP contribution in [0.15, 0.2) is 36.8 Å². The van der Waals surface area contributed by atoms with Gasteiger partial charge < -0.3 is 8.92 Å². The van der Waals surface area contributed by atoms with Crippen LogP contribution < -0.4 is 4.18 Å². The van der Waals surface area contributed by atoms with Gasteiger partial charge in [0.1, 0.15) is 11.2 Å². The van der Waals surface area contributed by atoms with Crippen molar-refractivity contribution in [3.8, 4) is 17.1 Å². The number of alkyl halides is 3. The van der Waals surface area contributed by atoms with Crippen molar-refractivity contribution in [2.45, 2.75) is 31.0 Å². The van der Waals surface area contributed by atoms with Gasteiger partial charge in [-0.15, -0.1) is 0 Å². The quantitative estimate of drug-likeness (QED) is 0.428. The standard InChI is InChI=1S/C17H15F3N4O4S.Ar/c18-17(19,20)29(25,26)28-13-6-8-21-15-11(13)4-7-22-16(15)12-5-9-23-24(12)14-3-1-2-10-27-14;/h4-9,14H,1-3,10H2;. The van der Waals surface area contributed by atoms with Crippen molar-refractivity contribution in [2.75, 3.05) is 6.61 Å². The number of hydrogen-bond donors (Lipinski definition) is 0. The molecule has 1 fully saturated rings. The molecule has 162 valence electrons. The maximum absolute atomic E-state index is 12.7. The summed E-state index contributed by atoms with van der Waals surface area (Å²) in [5, 5.41) is 4.36. The number of nitrogens with zero attached hydrogens (tertiary/aromatic N) is 4. The number of fused-ring (bicyclic) bond motifs is 1. The molecule has 0 aromatic carbocycles. The third-order valence-corrected chi connectivity index (χ3v) is 5.41. The minimum absolute atomic E-state index is 0. The summed E-state index contributed by atoms with van der Waals surface area (Å²) in [6.45, 7) is 0.596. The van der Waals surface area contributed by atoms with E-state index in [-0.39, 0.29) is 54.9 Å². The van der Waals surface area contributed by atoms with E-state index in [2.05, 4.69) is 19.2 Å². The first kappa shape index (κ1) is 23.2. The molecule has 4 heterocycles. The van der Waals surface area contributed by atoms with Crippen molar-refractivity contribution < 1.29 is 68.2 Å². The van der Waals surface area contributed by atoms with E-state index < -0.39 is 21.4 Å². The first-order valence-corrected chi connectivity index (χ1v) is 10.1. The molecule has 3 aromatic rings. The Hall–Kier alpha value is -1.47. The zero-order valence-electron chi connectivity index (χ0n) is 15.2. The molecule has 0 amide bonds. The zero-order valence-corrected chi connectivity index (χ0v) is 16.7. The second-order valence-electron chi connectivity index (χ2n) is 6.33. The fourth-order valence-corrected chi connectivity index (χ4v) is 3.60. The van der Waals surface area contributed by atoms with Crippen molar-refractivity contribution >= 4 is 21.0 Å². The Labute approximate surface area is 199 Å². The van der Waals surface area contributed by atoms with Crippen LogP contribution in [-0.4, -0.2) is 40.3 Å². The molecule has 30 heavy (non-hydrogen) atoms. The summed E-state index contributed by atoms with van der Waals surface area (Å²) in [5.74, 6) is -0.490. The van der Waals surface area contributed by atoms with Gasteiger partial charge in [-0.25, -0.2) is 4.68 Å². The molecule has 0 aliphatic carbocycles. The van der Waals surface area contributed by atoms with Crippen molar-refractivity contribution in [1.29, 1.82) is 0 Å². The maximum Gasteiger partial charge on any atom is 0.534 e.